The predicted molar refractivity (Wildman–Crippen MR) is 87.1 cm³/mol. The van der Waals surface area contributed by atoms with Crippen molar-refractivity contribution in [3.63, 3.8) is 0 Å². The van der Waals surface area contributed by atoms with Gasteiger partial charge in [-0.05, 0) is 46.0 Å². The zero-order valence-electron chi connectivity index (χ0n) is 13.8. The van der Waals surface area contributed by atoms with Crippen molar-refractivity contribution < 1.29 is 9.90 Å². The van der Waals surface area contributed by atoms with Gasteiger partial charge < -0.3 is 5.11 Å². The maximum atomic E-state index is 10.4. The summed E-state index contributed by atoms with van der Waals surface area (Å²) in [5.41, 5.74) is 3.08. The lowest BCUT2D eigenvalue weighted by atomic mass is 9.99. The third-order valence-electron chi connectivity index (χ3n) is 4.08. The Kier molecular flexibility index (Phi) is 12.7. The summed E-state index contributed by atoms with van der Waals surface area (Å²) in [5.74, 6) is -0.670. The Bertz CT molecular complexity index is 279. The van der Waals surface area contributed by atoms with Crippen molar-refractivity contribution in [1.82, 2.24) is 0 Å². The van der Waals surface area contributed by atoms with Gasteiger partial charge in [-0.25, -0.2) is 0 Å². The van der Waals surface area contributed by atoms with Crippen LogP contribution >= 0.6 is 0 Å². The molecule has 118 valence electrons. The van der Waals surface area contributed by atoms with Crippen molar-refractivity contribution in [3.8, 4) is 0 Å². The van der Waals surface area contributed by atoms with E-state index >= 15 is 0 Å². The molecule has 0 heterocycles. The van der Waals surface area contributed by atoms with Crippen molar-refractivity contribution in [2.24, 2.45) is 0 Å². The molecule has 0 amide bonds. The summed E-state index contributed by atoms with van der Waals surface area (Å²) in [5, 5.41) is 8.58. The second-order valence-corrected chi connectivity index (χ2v) is 6.03. The second-order valence-electron chi connectivity index (χ2n) is 6.03. The van der Waals surface area contributed by atoms with E-state index in [1.807, 2.05) is 0 Å². The summed E-state index contributed by atoms with van der Waals surface area (Å²) in [6, 6.07) is 0. The molecule has 1 N–H and O–H groups in total. The first-order valence-electron chi connectivity index (χ1n) is 8.45. The van der Waals surface area contributed by atoms with E-state index in [1.165, 1.54) is 50.5 Å². The Hall–Kier alpha value is -0.790. The molecule has 0 aliphatic heterocycles. The lowest BCUT2D eigenvalue weighted by Crippen LogP contribution is -1.94. The SMILES string of the molecule is CCCCCCCCC(C)=C(C)CCCCCC(=O)O. The number of hydrogen-bond donors (Lipinski definition) is 1. The van der Waals surface area contributed by atoms with Gasteiger partial charge in [0.25, 0.3) is 0 Å². The van der Waals surface area contributed by atoms with Gasteiger partial charge in [-0.3, -0.25) is 4.79 Å². The zero-order valence-corrected chi connectivity index (χ0v) is 13.8. The molecular weight excluding hydrogens is 248 g/mol. The molecule has 20 heavy (non-hydrogen) atoms. The summed E-state index contributed by atoms with van der Waals surface area (Å²) in [7, 11) is 0. The number of hydrogen-bond acceptors (Lipinski definition) is 1. The minimum Gasteiger partial charge on any atom is -0.481 e. The Morgan fingerprint density at radius 3 is 1.60 bits per heavy atom. The van der Waals surface area contributed by atoms with Crippen LogP contribution < -0.4 is 0 Å². The summed E-state index contributed by atoms with van der Waals surface area (Å²) in [4.78, 5) is 10.4. The minimum atomic E-state index is -0.670. The maximum absolute atomic E-state index is 10.4. The van der Waals surface area contributed by atoms with Crippen molar-refractivity contribution in [3.05, 3.63) is 11.1 Å². The van der Waals surface area contributed by atoms with Crippen LogP contribution in [-0.2, 0) is 4.79 Å². The highest BCUT2D eigenvalue weighted by Crippen LogP contribution is 2.18. The number of carbonyl (C=O) groups is 1. The minimum absolute atomic E-state index is 0.319. The highest BCUT2D eigenvalue weighted by molar-refractivity contribution is 5.66. The van der Waals surface area contributed by atoms with E-state index in [0.29, 0.717) is 6.42 Å². The molecular formula is C18H34O2. The van der Waals surface area contributed by atoms with Gasteiger partial charge in [0.1, 0.15) is 0 Å². The van der Waals surface area contributed by atoms with Gasteiger partial charge in [-0.2, -0.15) is 0 Å². The van der Waals surface area contributed by atoms with E-state index in [-0.39, 0.29) is 0 Å². The molecule has 0 aliphatic carbocycles. The number of rotatable bonds is 13. The van der Waals surface area contributed by atoms with Crippen LogP contribution in [0.2, 0.25) is 0 Å². The van der Waals surface area contributed by atoms with Crippen LogP contribution in [0, 0.1) is 0 Å². The van der Waals surface area contributed by atoms with Crippen LogP contribution in [0.1, 0.15) is 97.8 Å². The average Bonchev–Trinajstić information content (AvgIpc) is 2.41. The molecule has 0 unspecified atom stereocenters. The number of carboxylic acid groups (broad SMARTS) is 1. The van der Waals surface area contributed by atoms with E-state index in [9.17, 15) is 4.79 Å². The first-order chi connectivity index (χ1) is 9.57. The predicted octanol–water partition coefficient (Wildman–Crippen LogP) is 6.11. The second kappa shape index (κ2) is 13.2. The highest BCUT2D eigenvalue weighted by Gasteiger charge is 2.00. The van der Waals surface area contributed by atoms with Gasteiger partial charge in [0, 0.05) is 6.42 Å². The Labute approximate surface area is 125 Å². The van der Waals surface area contributed by atoms with E-state index in [4.69, 9.17) is 5.11 Å². The normalized spacial score (nSPS) is 12.3. The molecule has 0 bridgehead atoms. The maximum Gasteiger partial charge on any atom is 0.303 e. The fraction of sp³-hybridized carbons (Fsp3) is 0.833. The fourth-order valence-electron chi connectivity index (χ4n) is 2.44. The van der Waals surface area contributed by atoms with E-state index in [1.54, 1.807) is 5.57 Å². The zero-order chi connectivity index (χ0) is 15.2. The lowest BCUT2D eigenvalue weighted by molar-refractivity contribution is -0.137. The number of allylic oxidation sites excluding steroid dienone is 2. The van der Waals surface area contributed by atoms with Crippen molar-refractivity contribution >= 4 is 5.97 Å². The molecule has 2 nitrogen and oxygen atoms in total. The van der Waals surface area contributed by atoms with E-state index < -0.39 is 5.97 Å². The van der Waals surface area contributed by atoms with Crippen LogP contribution in [0.5, 0.6) is 0 Å². The summed E-state index contributed by atoms with van der Waals surface area (Å²) in [6.07, 6.45) is 13.9. The van der Waals surface area contributed by atoms with Gasteiger partial charge in [-0.15, -0.1) is 0 Å². The summed E-state index contributed by atoms with van der Waals surface area (Å²) < 4.78 is 0. The quantitative estimate of drug-likeness (QED) is 0.327. The fourth-order valence-corrected chi connectivity index (χ4v) is 2.44. The first kappa shape index (κ1) is 19.2. The molecule has 0 aromatic rings. The molecule has 0 aromatic heterocycles. The van der Waals surface area contributed by atoms with Crippen LogP contribution in [0.15, 0.2) is 11.1 Å². The Morgan fingerprint density at radius 2 is 1.10 bits per heavy atom. The molecule has 2 heteroatoms. The molecule has 0 rings (SSSR count). The number of carboxylic acids is 1. The third-order valence-corrected chi connectivity index (χ3v) is 4.08. The molecule has 0 aliphatic rings. The first-order valence-corrected chi connectivity index (χ1v) is 8.45. The van der Waals surface area contributed by atoms with E-state index in [2.05, 4.69) is 20.8 Å². The van der Waals surface area contributed by atoms with E-state index in [0.717, 1.165) is 25.7 Å². The van der Waals surface area contributed by atoms with Crippen LogP contribution in [0.4, 0.5) is 0 Å². The molecule has 0 radical (unpaired) electrons. The summed E-state index contributed by atoms with van der Waals surface area (Å²) >= 11 is 0. The summed E-state index contributed by atoms with van der Waals surface area (Å²) in [6.45, 7) is 6.76. The standard InChI is InChI=1S/C18H34O2/c1-4-5-6-7-8-10-13-16(2)17(3)14-11-9-12-15-18(19)20/h4-15H2,1-3H3,(H,19,20). The molecule has 0 saturated carbocycles. The average molecular weight is 282 g/mol. The van der Waals surface area contributed by atoms with Gasteiger partial charge in [0.2, 0.25) is 0 Å². The van der Waals surface area contributed by atoms with Crippen molar-refractivity contribution in [2.45, 2.75) is 97.8 Å². The van der Waals surface area contributed by atoms with Gasteiger partial charge in [-0.1, -0.05) is 56.6 Å². The van der Waals surface area contributed by atoms with Gasteiger partial charge in [0.15, 0.2) is 0 Å². The van der Waals surface area contributed by atoms with Crippen molar-refractivity contribution in [2.75, 3.05) is 0 Å². The molecule has 0 fully saturated rings. The number of aliphatic carboxylic acids is 1. The molecule has 0 saturated heterocycles. The Balaban J connectivity index is 3.59. The monoisotopic (exact) mass is 282 g/mol. The molecule has 0 atom stereocenters. The van der Waals surface area contributed by atoms with Crippen molar-refractivity contribution in [1.29, 1.82) is 0 Å². The number of unbranched alkanes of at least 4 members (excludes halogenated alkanes) is 7. The van der Waals surface area contributed by atoms with Crippen LogP contribution in [0.3, 0.4) is 0 Å². The largest absolute Gasteiger partial charge is 0.481 e. The lowest BCUT2D eigenvalue weighted by Gasteiger charge is -2.08. The van der Waals surface area contributed by atoms with Crippen LogP contribution in [-0.4, -0.2) is 11.1 Å². The van der Waals surface area contributed by atoms with Gasteiger partial charge >= 0.3 is 5.97 Å². The van der Waals surface area contributed by atoms with Crippen LogP contribution in [0.25, 0.3) is 0 Å². The van der Waals surface area contributed by atoms with Gasteiger partial charge in [0.05, 0.1) is 0 Å². The smallest absolute Gasteiger partial charge is 0.303 e. The third kappa shape index (κ3) is 12.3. The molecule has 0 spiro atoms. The topological polar surface area (TPSA) is 37.3 Å². The molecule has 0 aromatic carbocycles. The Morgan fingerprint density at radius 1 is 0.700 bits per heavy atom. The highest BCUT2D eigenvalue weighted by atomic mass is 16.4.